The van der Waals surface area contributed by atoms with Crippen LogP contribution >= 0.6 is 24.0 Å². The van der Waals surface area contributed by atoms with E-state index in [1.807, 2.05) is 30.3 Å². The average molecular weight is 408 g/mol. The van der Waals surface area contributed by atoms with E-state index in [4.69, 9.17) is 21.7 Å². The Morgan fingerprint density at radius 2 is 2.11 bits per heavy atom. The summed E-state index contributed by atoms with van der Waals surface area (Å²) >= 11 is 6.60. The van der Waals surface area contributed by atoms with E-state index >= 15 is 0 Å². The zero-order chi connectivity index (χ0) is 19.6. The Hall–Kier alpha value is -1.86. The number of benzene rings is 1. The van der Waals surface area contributed by atoms with E-state index in [1.165, 1.54) is 11.8 Å². The van der Waals surface area contributed by atoms with Crippen LogP contribution in [0.4, 0.5) is 0 Å². The first-order valence-corrected chi connectivity index (χ1v) is 10.3. The van der Waals surface area contributed by atoms with Crippen LogP contribution in [0.3, 0.4) is 0 Å². The number of thioether (sulfide) groups is 1. The molecule has 0 unspecified atom stereocenters. The predicted molar refractivity (Wildman–Crippen MR) is 113 cm³/mol. The Morgan fingerprint density at radius 3 is 2.85 bits per heavy atom. The number of thiocarbonyl (C=S) groups is 1. The fourth-order valence-corrected chi connectivity index (χ4v) is 3.88. The zero-order valence-electron chi connectivity index (χ0n) is 15.7. The minimum atomic E-state index is -0.219. The van der Waals surface area contributed by atoms with Crippen molar-refractivity contribution in [1.29, 1.82) is 0 Å². The third-order valence-electron chi connectivity index (χ3n) is 4.04. The Bertz CT molecular complexity index is 718. The molecule has 0 aliphatic carbocycles. The first-order valence-electron chi connectivity index (χ1n) is 9.10. The van der Waals surface area contributed by atoms with Gasteiger partial charge in [0.1, 0.15) is 10.1 Å². The highest BCUT2D eigenvalue weighted by Gasteiger charge is 2.31. The molecule has 0 saturated carbocycles. The summed E-state index contributed by atoms with van der Waals surface area (Å²) in [5.41, 5.74) is 0.880. The van der Waals surface area contributed by atoms with E-state index < -0.39 is 0 Å². The Labute approximate surface area is 170 Å². The van der Waals surface area contributed by atoms with Gasteiger partial charge in [-0.3, -0.25) is 14.5 Å². The second-order valence-electron chi connectivity index (χ2n) is 6.14. The van der Waals surface area contributed by atoms with Crippen LogP contribution in [0.25, 0.3) is 6.08 Å². The third kappa shape index (κ3) is 6.66. The lowest BCUT2D eigenvalue weighted by atomic mass is 10.2. The van der Waals surface area contributed by atoms with Gasteiger partial charge in [0, 0.05) is 13.0 Å². The number of esters is 1. The summed E-state index contributed by atoms with van der Waals surface area (Å²) in [6.45, 7) is 2.99. The Balaban J connectivity index is 1.85. The van der Waals surface area contributed by atoms with Crippen molar-refractivity contribution in [3.8, 4) is 5.75 Å². The molecule has 2 rings (SSSR count). The summed E-state index contributed by atoms with van der Waals surface area (Å²) in [5, 5.41) is 0. The van der Waals surface area contributed by atoms with Crippen molar-refractivity contribution in [3.63, 3.8) is 0 Å². The van der Waals surface area contributed by atoms with Gasteiger partial charge in [0.05, 0.1) is 18.6 Å². The van der Waals surface area contributed by atoms with Crippen molar-refractivity contribution < 1.29 is 19.1 Å². The van der Waals surface area contributed by atoms with Crippen molar-refractivity contribution in [2.24, 2.45) is 0 Å². The zero-order valence-corrected chi connectivity index (χ0v) is 17.4. The van der Waals surface area contributed by atoms with Crippen LogP contribution in [-0.2, 0) is 14.3 Å². The summed E-state index contributed by atoms with van der Waals surface area (Å²) in [6.07, 6.45) is 5.68. The van der Waals surface area contributed by atoms with Crippen LogP contribution in [0.1, 0.15) is 44.6 Å². The molecule has 1 aromatic rings. The summed E-state index contributed by atoms with van der Waals surface area (Å²) in [5.74, 6) is 0.393. The number of hydrogen-bond acceptors (Lipinski definition) is 6. The summed E-state index contributed by atoms with van der Waals surface area (Å²) in [6, 6.07) is 7.49. The molecule has 146 valence electrons. The maximum atomic E-state index is 12.6. The van der Waals surface area contributed by atoms with E-state index in [-0.39, 0.29) is 18.3 Å². The summed E-state index contributed by atoms with van der Waals surface area (Å²) in [4.78, 5) is 26.4. The molecule has 7 heteroatoms. The lowest BCUT2D eigenvalue weighted by Gasteiger charge is -2.13. The van der Waals surface area contributed by atoms with Crippen molar-refractivity contribution in [3.05, 3.63) is 34.7 Å². The molecular weight excluding hydrogens is 382 g/mol. The molecule has 0 spiro atoms. The standard InChI is InChI=1S/C20H25NO4S2/c1-3-4-5-12-25-18(22)10-7-11-21-19(23)17(27-20(21)26)14-15-8-6-9-16(13-15)24-2/h6,8-9,13-14H,3-5,7,10-12H2,1-2H3. The molecular formula is C20H25NO4S2. The lowest BCUT2D eigenvalue weighted by Crippen LogP contribution is -2.29. The number of hydrogen-bond donors (Lipinski definition) is 0. The van der Waals surface area contributed by atoms with E-state index in [0.717, 1.165) is 30.6 Å². The second kappa shape index (κ2) is 11.1. The van der Waals surface area contributed by atoms with Crippen molar-refractivity contribution in [2.75, 3.05) is 20.3 Å². The molecule has 0 radical (unpaired) electrons. The van der Waals surface area contributed by atoms with Crippen LogP contribution < -0.4 is 4.74 Å². The molecule has 0 aromatic heterocycles. The molecule has 27 heavy (non-hydrogen) atoms. The molecule has 0 atom stereocenters. The number of unbranched alkanes of at least 4 members (excludes halogenated alkanes) is 2. The summed E-state index contributed by atoms with van der Waals surface area (Å²) < 4.78 is 10.9. The third-order valence-corrected chi connectivity index (χ3v) is 5.42. The van der Waals surface area contributed by atoms with Gasteiger partial charge in [0.15, 0.2) is 0 Å². The fourth-order valence-electron chi connectivity index (χ4n) is 2.57. The number of methoxy groups -OCH3 is 1. The molecule has 5 nitrogen and oxygen atoms in total. The maximum absolute atomic E-state index is 12.6. The fraction of sp³-hybridized carbons (Fsp3) is 0.450. The molecule has 0 N–H and O–H groups in total. The molecule has 1 fully saturated rings. The quantitative estimate of drug-likeness (QED) is 0.248. The Kier molecular flexibility index (Phi) is 8.81. The van der Waals surface area contributed by atoms with Gasteiger partial charge in [-0.25, -0.2) is 0 Å². The van der Waals surface area contributed by atoms with Gasteiger partial charge in [-0.2, -0.15) is 0 Å². The lowest BCUT2D eigenvalue weighted by molar-refractivity contribution is -0.144. The Morgan fingerprint density at radius 1 is 1.30 bits per heavy atom. The smallest absolute Gasteiger partial charge is 0.305 e. The van der Waals surface area contributed by atoms with E-state index in [0.29, 0.717) is 28.8 Å². The number of ether oxygens (including phenoxy) is 2. The monoisotopic (exact) mass is 407 g/mol. The van der Waals surface area contributed by atoms with Crippen LogP contribution in [0, 0.1) is 0 Å². The number of carbonyl (C=O) groups excluding carboxylic acids is 2. The normalized spacial score (nSPS) is 15.5. The number of amides is 1. The van der Waals surface area contributed by atoms with Gasteiger partial charge in [-0.15, -0.1) is 0 Å². The van der Waals surface area contributed by atoms with E-state index in [9.17, 15) is 9.59 Å². The van der Waals surface area contributed by atoms with E-state index in [1.54, 1.807) is 12.0 Å². The highest BCUT2D eigenvalue weighted by molar-refractivity contribution is 8.26. The molecule has 1 heterocycles. The van der Waals surface area contributed by atoms with Crippen molar-refractivity contribution >= 4 is 46.3 Å². The predicted octanol–water partition coefficient (Wildman–Crippen LogP) is 4.41. The number of rotatable bonds is 10. The number of nitrogens with zero attached hydrogens (tertiary/aromatic N) is 1. The molecule has 1 aliphatic heterocycles. The molecule has 1 aromatic carbocycles. The van der Waals surface area contributed by atoms with Crippen molar-refractivity contribution in [1.82, 2.24) is 4.90 Å². The summed E-state index contributed by atoms with van der Waals surface area (Å²) in [7, 11) is 1.60. The van der Waals surface area contributed by atoms with Crippen molar-refractivity contribution in [2.45, 2.75) is 39.0 Å². The molecule has 1 aliphatic rings. The van der Waals surface area contributed by atoms with E-state index in [2.05, 4.69) is 6.92 Å². The number of carbonyl (C=O) groups is 2. The van der Waals surface area contributed by atoms with Gasteiger partial charge in [0.2, 0.25) is 0 Å². The first-order chi connectivity index (χ1) is 13.0. The van der Waals surface area contributed by atoms with Gasteiger partial charge in [-0.05, 0) is 36.6 Å². The highest BCUT2D eigenvalue weighted by atomic mass is 32.2. The van der Waals surface area contributed by atoms with Gasteiger partial charge < -0.3 is 9.47 Å². The van der Waals surface area contributed by atoms with Gasteiger partial charge >= 0.3 is 5.97 Å². The van der Waals surface area contributed by atoms with Crippen LogP contribution in [0.2, 0.25) is 0 Å². The molecule has 1 amide bonds. The topological polar surface area (TPSA) is 55.8 Å². The highest BCUT2D eigenvalue weighted by Crippen LogP contribution is 2.33. The molecule has 1 saturated heterocycles. The maximum Gasteiger partial charge on any atom is 0.305 e. The first kappa shape index (κ1) is 21.4. The average Bonchev–Trinajstić information content (AvgIpc) is 2.92. The van der Waals surface area contributed by atoms with Crippen LogP contribution in [0.15, 0.2) is 29.2 Å². The second-order valence-corrected chi connectivity index (χ2v) is 7.82. The van der Waals surface area contributed by atoms with Crippen LogP contribution in [-0.4, -0.2) is 41.4 Å². The largest absolute Gasteiger partial charge is 0.497 e. The SMILES string of the molecule is CCCCCOC(=O)CCCN1C(=O)C(=Cc2cccc(OC)c2)SC1=S. The minimum absolute atomic E-state index is 0.121. The molecule has 0 bridgehead atoms. The van der Waals surface area contributed by atoms with Crippen LogP contribution in [0.5, 0.6) is 5.75 Å². The minimum Gasteiger partial charge on any atom is -0.497 e. The van der Waals surface area contributed by atoms with Gasteiger partial charge in [0.25, 0.3) is 5.91 Å². The van der Waals surface area contributed by atoms with Gasteiger partial charge in [-0.1, -0.05) is 55.9 Å².